The van der Waals surface area contributed by atoms with Crippen molar-refractivity contribution in [2.24, 2.45) is 5.92 Å². The Hall–Kier alpha value is -2.90. The van der Waals surface area contributed by atoms with Crippen LogP contribution in [0.2, 0.25) is 5.02 Å². The third kappa shape index (κ3) is 7.69. The van der Waals surface area contributed by atoms with Gasteiger partial charge in [-0.15, -0.1) is 0 Å². The number of hydrogen-bond acceptors (Lipinski definition) is 6. The number of rotatable bonds is 7. The summed E-state index contributed by atoms with van der Waals surface area (Å²) < 4.78 is 35.1. The number of fused-ring (bicyclic) bond motifs is 1. The lowest BCUT2D eigenvalue weighted by Gasteiger charge is -2.37. The van der Waals surface area contributed by atoms with E-state index in [2.05, 4.69) is 41.0 Å². The molecule has 4 atom stereocenters. The van der Waals surface area contributed by atoms with Gasteiger partial charge in [0.2, 0.25) is 10.0 Å². The third-order valence-electron chi connectivity index (χ3n) is 7.15. The smallest absolute Gasteiger partial charge is 0.247 e. The van der Waals surface area contributed by atoms with E-state index in [1.807, 2.05) is 38.2 Å². The van der Waals surface area contributed by atoms with Gasteiger partial charge in [0.25, 0.3) is 0 Å². The van der Waals surface area contributed by atoms with Gasteiger partial charge < -0.3 is 14.9 Å². The van der Waals surface area contributed by atoms with Crippen molar-refractivity contribution in [2.75, 3.05) is 26.7 Å². The summed E-state index contributed by atoms with van der Waals surface area (Å²) in [6.45, 7) is 6.35. The highest BCUT2D eigenvalue weighted by molar-refractivity contribution is 7.89. The van der Waals surface area contributed by atoms with Crippen molar-refractivity contribution < 1.29 is 23.4 Å². The molecule has 0 saturated heterocycles. The van der Waals surface area contributed by atoms with E-state index >= 15 is 0 Å². The standard InChI is InChI=1S/C32H37ClN2O5S/c1-22-18-35(23(2)21-36)41(38,39)32-15-12-25(9-8-24(3)37)16-30(32)40-31(22)20-34(4)19-26-10-13-27(14-11-26)28-6-5-7-29(33)17-28/h5-7,10-17,22-24,31,36-37H,18-21H2,1-4H3/t22-,23-,24+,31-/m0/s1. The molecule has 1 aliphatic rings. The first-order valence-electron chi connectivity index (χ1n) is 13.6. The number of aliphatic hydroxyl groups is 2. The lowest BCUT2D eigenvalue weighted by Crippen LogP contribution is -2.49. The molecule has 0 radical (unpaired) electrons. The molecule has 0 aromatic heterocycles. The van der Waals surface area contributed by atoms with Crippen LogP contribution in [-0.4, -0.2) is 72.8 Å². The van der Waals surface area contributed by atoms with Gasteiger partial charge >= 0.3 is 0 Å². The summed E-state index contributed by atoms with van der Waals surface area (Å²) in [5.41, 5.74) is 3.82. The maximum absolute atomic E-state index is 13.7. The lowest BCUT2D eigenvalue weighted by atomic mass is 10.0. The largest absolute Gasteiger partial charge is 0.487 e. The SMILES string of the molecule is C[C@@H](O)C#Cc1ccc2c(c1)O[C@@H](CN(C)Cc1ccc(-c3cccc(Cl)c3)cc1)[C@@H](C)CN([C@@H](C)CO)S2(=O)=O. The van der Waals surface area contributed by atoms with E-state index < -0.39 is 22.2 Å². The predicted octanol–water partition coefficient (Wildman–Crippen LogP) is 4.64. The normalized spacial score (nSPS) is 20.1. The number of ether oxygens (including phenoxy) is 1. The zero-order valence-corrected chi connectivity index (χ0v) is 25.4. The van der Waals surface area contributed by atoms with Crippen molar-refractivity contribution in [3.8, 4) is 28.7 Å². The fraction of sp³-hybridized carbons (Fsp3) is 0.375. The van der Waals surface area contributed by atoms with Crippen LogP contribution in [0.1, 0.15) is 31.9 Å². The van der Waals surface area contributed by atoms with Gasteiger partial charge in [-0.2, -0.15) is 4.31 Å². The molecule has 3 aromatic carbocycles. The van der Waals surface area contributed by atoms with Crippen molar-refractivity contribution in [2.45, 2.75) is 50.5 Å². The number of likely N-dealkylation sites (N-methyl/N-ethyl adjacent to an activating group) is 1. The molecule has 0 spiro atoms. The Kier molecular flexibility index (Phi) is 10.1. The third-order valence-corrected chi connectivity index (χ3v) is 9.40. The number of benzene rings is 3. The summed E-state index contributed by atoms with van der Waals surface area (Å²) in [6, 6.07) is 20.2. The van der Waals surface area contributed by atoms with Gasteiger partial charge in [-0.1, -0.05) is 66.8 Å². The summed E-state index contributed by atoms with van der Waals surface area (Å²) in [5.74, 6) is 5.61. The second-order valence-electron chi connectivity index (χ2n) is 10.8. The van der Waals surface area contributed by atoms with Gasteiger partial charge in [0.1, 0.15) is 22.9 Å². The minimum absolute atomic E-state index is 0.0385. The maximum Gasteiger partial charge on any atom is 0.247 e. The molecule has 1 heterocycles. The molecule has 0 amide bonds. The van der Waals surface area contributed by atoms with Crippen LogP contribution in [0.15, 0.2) is 71.6 Å². The van der Waals surface area contributed by atoms with Gasteiger partial charge in [-0.3, -0.25) is 4.90 Å². The molecule has 2 N–H and O–H groups in total. The molecule has 0 fully saturated rings. The Bertz CT molecular complexity index is 1520. The number of hydrogen-bond donors (Lipinski definition) is 2. The van der Waals surface area contributed by atoms with Crippen LogP contribution in [0.5, 0.6) is 5.75 Å². The lowest BCUT2D eigenvalue weighted by molar-refractivity contribution is 0.0733. The van der Waals surface area contributed by atoms with Crippen LogP contribution in [0, 0.1) is 17.8 Å². The summed E-state index contributed by atoms with van der Waals surface area (Å²) >= 11 is 6.16. The van der Waals surface area contributed by atoms with Crippen molar-refractivity contribution >= 4 is 21.6 Å². The zero-order chi connectivity index (χ0) is 29.7. The van der Waals surface area contributed by atoms with E-state index in [9.17, 15) is 18.6 Å². The minimum Gasteiger partial charge on any atom is -0.487 e. The predicted molar refractivity (Wildman–Crippen MR) is 162 cm³/mol. The fourth-order valence-corrected chi connectivity index (χ4v) is 6.88. The van der Waals surface area contributed by atoms with Gasteiger partial charge in [0.05, 0.1) is 6.61 Å². The maximum atomic E-state index is 13.7. The van der Waals surface area contributed by atoms with Gasteiger partial charge in [0, 0.05) is 42.2 Å². The molecule has 1 aliphatic heterocycles. The first-order valence-corrected chi connectivity index (χ1v) is 15.5. The number of halogens is 1. The summed E-state index contributed by atoms with van der Waals surface area (Å²) in [6.07, 6.45) is -1.16. The van der Waals surface area contributed by atoms with Gasteiger partial charge in [-0.05, 0) is 67.9 Å². The molecule has 41 heavy (non-hydrogen) atoms. The molecule has 7 nitrogen and oxygen atoms in total. The van der Waals surface area contributed by atoms with Crippen LogP contribution in [0.3, 0.4) is 0 Å². The average molecular weight is 597 g/mol. The first kappa shape index (κ1) is 31.0. The zero-order valence-electron chi connectivity index (χ0n) is 23.8. The van der Waals surface area contributed by atoms with Crippen LogP contribution in [0.25, 0.3) is 11.1 Å². The Morgan fingerprint density at radius 1 is 1.10 bits per heavy atom. The van der Waals surface area contributed by atoms with E-state index in [-0.39, 0.29) is 35.8 Å². The molecule has 0 saturated carbocycles. The highest BCUT2D eigenvalue weighted by Gasteiger charge is 2.38. The minimum atomic E-state index is -3.94. The quantitative estimate of drug-likeness (QED) is 0.386. The van der Waals surface area contributed by atoms with Crippen molar-refractivity contribution in [3.05, 3.63) is 82.9 Å². The summed E-state index contributed by atoms with van der Waals surface area (Å²) in [4.78, 5) is 2.19. The summed E-state index contributed by atoms with van der Waals surface area (Å²) in [5, 5.41) is 20.1. The molecule has 0 bridgehead atoms. The van der Waals surface area contributed by atoms with Gasteiger partial charge in [-0.25, -0.2) is 8.42 Å². The van der Waals surface area contributed by atoms with E-state index in [4.69, 9.17) is 16.3 Å². The van der Waals surface area contributed by atoms with Crippen molar-refractivity contribution in [1.82, 2.24) is 9.21 Å². The number of nitrogens with zero attached hydrogens (tertiary/aromatic N) is 2. The fourth-order valence-electron chi connectivity index (χ4n) is 4.86. The molecule has 0 aliphatic carbocycles. The second kappa shape index (κ2) is 13.4. The molecule has 218 valence electrons. The number of aliphatic hydroxyl groups excluding tert-OH is 2. The monoisotopic (exact) mass is 596 g/mol. The molecular formula is C32H37ClN2O5S. The van der Waals surface area contributed by atoms with Crippen LogP contribution >= 0.6 is 11.6 Å². The van der Waals surface area contributed by atoms with E-state index in [0.717, 1.165) is 16.7 Å². The number of sulfonamides is 1. The Morgan fingerprint density at radius 3 is 2.49 bits per heavy atom. The Labute approximate surface area is 248 Å². The average Bonchev–Trinajstić information content (AvgIpc) is 2.93. The first-order chi connectivity index (χ1) is 19.5. The molecule has 9 heteroatoms. The van der Waals surface area contributed by atoms with E-state index in [0.29, 0.717) is 23.7 Å². The van der Waals surface area contributed by atoms with Gasteiger partial charge in [0.15, 0.2) is 0 Å². The van der Waals surface area contributed by atoms with Crippen LogP contribution < -0.4 is 4.74 Å². The molecule has 0 unspecified atom stereocenters. The van der Waals surface area contributed by atoms with Crippen LogP contribution in [0.4, 0.5) is 0 Å². The topological polar surface area (TPSA) is 90.3 Å². The molecule has 3 aromatic rings. The molecule has 4 rings (SSSR count). The highest BCUT2D eigenvalue weighted by Crippen LogP contribution is 2.34. The summed E-state index contributed by atoms with van der Waals surface area (Å²) in [7, 11) is -1.93. The Morgan fingerprint density at radius 2 is 1.83 bits per heavy atom. The second-order valence-corrected chi connectivity index (χ2v) is 13.0. The van der Waals surface area contributed by atoms with E-state index in [1.54, 1.807) is 26.0 Å². The van der Waals surface area contributed by atoms with Crippen molar-refractivity contribution in [1.29, 1.82) is 0 Å². The Balaban J connectivity index is 1.59. The highest BCUT2D eigenvalue weighted by atomic mass is 35.5. The van der Waals surface area contributed by atoms with E-state index in [1.165, 1.54) is 10.4 Å². The van der Waals surface area contributed by atoms with Crippen molar-refractivity contribution in [3.63, 3.8) is 0 Å². The molecular weight excluding hydrogens is 560 g/mol. The van der Waals surface area contributed by atoms with Crippen LogP contribution in [-0.2, 0) is 16.6 Å².